The smallest absolute Gasteiger partial charge is 0.191 e. The first-order chi connectivity index (χ1) is 10.1. The molecule has 114 valence electrons. The number of nitrogens with one attached hydrogen (secondary N) is 2. The Morgan fingerprint density at radius 1 is 1.33 bits per heavy atom. The second kappa shape index (κ2) is 5.70. The molecular weight excluding hydrogens is 258 g/mol. The monoisotopic (exact) mass is 285 g/mol. The lowest BCUT2D eigenvalue weighted by Crippen LogP contribution is -2.39. The molecule has 21 heavy (non-hydrogen) atoms. The number of benzene rings is 1. The Labute approximate surface area is 128 Å². The van der Waals surface area contributed by atoms with Crippen LogP contribution in [-0.2, 0) is 5.41 Å². The van der Waals surface area contributed by atoms with Crippen LogP contribution in [0.5, 0.6) is 0 Å². The lowest BCUT2D eigenvalue weighted by Gasteiger charge is -2.17. The summed E-state index contributed by atoms with van der Waals surface area (Å²) in [6.45, 7) is 8.45. The van der Waals surface area contributed by atoms with Crippen molar-refractivity contribution in [2.75, 3.05) is 13.1 Å². The molecule has 0 aliphatic heterocycles. The van der Waals surface area contributed by atoms with Gasteiger partial charge in [0, 0.05) is 18.0 Å². The van der Waals surface area contributed by atoms with Crippen molar-refractivity contribution in [3.8, 4) is 0 Å². The van der Waals surface area contributed by atoms with E-state index in [2.05, 4.69) is 55.7 Å². The highest BCUT2D eigenvalue weighted by Gasteiger charge is 2.45. The number of aliphatic imine (C=N–C) groups is 1. The molecule has 0 amide bonds. The SMILES string of the molecule is CCNC(=NCC1(c2ccccc2C)CC1)NC1CC1C. The van der Waals surface area contributed by atoms with Crippen LogP contribution < -0.4 is 10.6 Å². The molecule has 2 atom stereocenters. The summed E-state index contributed by atoms with van der Waals surface area (Å²) >= 11 is 0. The molecule has 0 heterocycles. The molecule has 3 rings (SSSR count). The maximum absolute atomic E-state index is 4.87. The van der Waals surface area contributed by atoms with Gasteiger partial charge in [0.05, 0.1) is 6.54 Å². The fraction of sp³-hybridized carbons (Fsp3) is 0.611. The molecule has 2 unspecified atom stereocenters. The van der Waals surface area contributed by atoms with E-state index in [1.54, 1.807) is 0 Å². The molecule has 2 fully saturated rings. The summed E-state index contributed by atoms with van der Waals surface area (Å²) in [7, 11) is 0. The lowest BCUT2D eigenvalue weighted by atomic mass is 9.92. The van der Waals surface area contributed by atoms with Gasteiger partial charge in [0.15, 0.2) is 5.96 Å². The third-order valence-electron chi connectivity index (χ3n) is 4.89. The highest BCUT2D eigenvalue weighted by atomic mass is 15.2. The minimum Gasteiger partial charge on any atom is -0.357 e. The number of rotatable bonds is 5. The average Bonchev–Trinajstić information content (AvgIpc) is 3.37. The summed E-state index contributed by atoms with van der Waals surface area (Å²) in [5.74, 6) is 1.78. The molecule has 0 saturated heterocycles. The van der Waals surface area contributed by atoms with E-state index in [4.69, 9.17) is 4.99 Å². The van der Waals surface area contributed by atoms with Gasteiger partial charge in [0.25, 0.3) is 0 Å². The number of nitrogens with zero attached hydrogens (tertiary/aromatic N) is 1. The Kier molecular flexibility index (Phi) is 3.92. The minimum absolute atomic E-state index is 0.295. The van der Waals surface area contributed by atoms with Gasteiger partial charge in [0.2, 0.25) is 0 Å². The van der Waals surface area contributed by atoms with Crippen molar-refractivity contribution in [2.24, 2.45) is 10.9 Å². The van der Waals surface area contributed by atoms with Crippen LogP contribution in [0.3, 0.4) is 0 Å². The molecule has 3 nitrogen and oxygen atoms in total. The van der Waals surface area contributed by atoms with E-state index in [0.717, 1.165) is 25.0 Å². The van der Waals surface area contributed by atoms with Gasteiger partial charge in [-0.05, 0) is 50.2 Å². The van der Waals surface area contributed by atoms with E-state index >= 15 is 0 Å². The maximum Gasteiger partial charge on any atom is 0.191 e. The molecule has 2 aliphatic carbocycles. The van der Waals surface area contributed by atoms with E-state index in [9.17, 15) is 0 Å². The summed E-state index contributed by atoms with van der Waals surface area (Å²) in [4.78, 5) is 4.87. The first kappa shape index (κ1) is 14.4. The molecular formula is C18H27N3. The lowest BCUT2D eigenvalue weighted by molar-refractivity contribution is 0.684. The van der Waals surface area contributed by atoms with Crippen LogP contribution in [0.2, 0.25) is 0 Å². The highest BCUT2D eigenvalue weighted by Crippen LogP contribution is 2.49. The predicted octanol–water partition coefficient (Wildman–Crippen LogP) is 2.99. The summed E-state index contributed by atoms with van der Waals surface area (Å²) in [6.07, 6.45) is 3.80. The quantitative estimate of drug-likeness (QED) is 0.644. The second-order valence-corrected chi connectivity index (χ2v) is 6.75. The van der Waals surface area contributed by atoms with Crippen LogP contribution in [0.25, 0.3) is 0 Å². The van der Waals surface area contributed by atoms with E-state index < -0.39 is 0 Å². The first-order valence-corrected chi connectivity index (χ1v) is 8.25. The Balaban J connectivity index is 1.69. The number of aryl methyl sites for hydroxylation is 1. The second-order valence-electron chi connectivity index (χ2n) is 6.75. The standard InChI is InChI=1S/C18H27N3/c1-4-19-17(21-16-11-14(16)3)20-12-18(9-10-18)15-8-6-5-7-13(15)2/h5-8,14,16H,4,9-12H2,1-3H3,(H2,19,20,21). The highest BCUT2D eigenvalue weighted by molar-refractivity contribution is 5.80. The third kappa shape index (κ3) is 3.22. The molecule has 2 N–H and O–H groups in total. The van der Waals surface area contributed by atoms with Gasteiger partial charge < -0.3 is 10.6 Å². The summed E-state index contributed by atoms with van der Waals surface area (Å²) in [6, 6.07) is 9.39. The third-order valence-corrected chi connectivity index (χ3v) is 4.89. The molecule has 3 heteroatoms. The van der Waals surface area contributed by atoms with Crippen molar-refractivity contribution < 1.29 is 0 Å². The zero-order chi connectivity index (χ0) is 14.9. The fourth-order valence-corrected chi connectivity index (χ4v) is 3.08. The van der Waals surface area contributed by atoms with Gasteiger partial charge in [-0.1, -0.05) is 31.2 Å². The zero-order valence-corrected chi connectivity index (χ0v) is 13.4. The van der Waals surface area contributed by atoms with Crippen molar-refractivity contribution >= 4 is 5.96 Å². The van der Waals surface area contributed by atoms with E-state index in [1.165, 1.54) is 30.4 Å². The van der Waals surface area contributed by atoms with Gasteiger partial charge in [-0.15, -0.1) is 0 Å². The zero-order valence-electron chi connectivity index (χ0n) is 13.4. The van der Waals surface area contributed by atoms with Crippen LogP contribution in [0.1, 0.15) is 44.2 Å². The number of guanidine groups is 1. The van der Waals surface area contributed by atoms with Crippen molar-refractivity contribution in [3.63, 3.8) is 0 Å². The van der Waals surface area contributed by atoms with Gasteiger partial charge >= 0.3 is 0 Å². The largest absolute Gasteiger partial charge is 0.357 e. The Morgan fingerprint density at radius 3 is 2.62 bits per heavy atom. The maximum atomic E-state index is 4.87. The van der Waals surface area contributed by atoms with Crippen molar-refractivity contribution in [1.82, 2.24) is 10.6 Å². The van der Waals surface area contributed by atoms with Gasteiger partial charge in [0.1, 0.15) is 0 Å². The molecule has 0 bridgehead atoms. The van der Waals surface area contributed by atoms with Gasteiger partial charge in [-0.2, -0.15) is 0 Å². The van der Waals surface area contributed by atoms with Crippen LogP contribution in [-0.4, -0.2) is 25.1 Å². The molecule has 0 spiro atoms. The van der Waals surface area contributed by atoms with Crippen molar-refractivity contribution in [2.45, 2.75) is 51.5 Å². The van der Waals surface area contributed by atoms with Crippen LogP contribution in [0, 0.1) is 12.8 Å². The van der Waals surface area contributed by atoms with Crippen LogP contribution >= 0.6 is 0 Å². The van der Waals surface area contributed by atoms with Crippen LogP contribution in [0.4, 0.5) is 0 Å². The van der Waals surface area contributed by atoms with Crippen molar-refractivity contribution in [3.05, 3.63) is 35.4 Å². The Hall–Kier alpha value is -1.51. The van der Waals surface area contributed by atoms with Gasteiger partial charge in [-0.3, -0.25) is 4.99 Å². The average molecular weight is 285 g/mol. The topological polar surface area (TPSA) is 36.4 Å². The van der Waals surface area contributed by atoms with Crippen LogP contribution in [0.15, 0.2) is 29.3 Å². The van der Waals surface area contributed by atoms with Gasteiger partial charge in [-0.25, -0.2) is 0 Å². The molecule has 0 aromatic heterocycles. The molecule has 2 aliphatic rings. The molecule has 2 saturated carbocycles. The van der Waals surface area contributed by atoms with E-state index in [1.807, 2.05) is 0 Å². The minimum atomic E-state index is 0.295. The predicted molar refractivity (Wildman–Crippen MR) is 88.8 cm³/mol. The molecule has 1 aromatic rings. The number of hydrogen-bond acceptors (Lipinski definition) is 1. The number of hydrogen-bond donors (Lipinski definition) is 2. The summed E-state index contributed by atoms with van der Waals surface area (Å²) in [5, 5.41) is 6.93. The molecule has 1 aromatic carbocycles. The summed E-state index contributed by atoms with van der Waals surface area (Å²) < 4.78 is 0. The van der Waals surface area contributed by atoms with E-state index in [-0.39, 0.29) is 0 Å². The van der Waals surface area contributed by atoms with Crippen molar-refractivity contribution in [1.29, 1.82) is 0 Å². The Morgan fingerprint density at radius 2 is 2.05 bits per heavy atom. The first-order valence-electron chi connectivity index (χ1n) is 8.25. The Bertz CT molecular complexity index is 531. The fourth-order valence-electron chi connectivity index (χ4n) is 3.08. The normalized spacial score (nSPS) is 26.3. The van der Waals surface area contributed by atoms with E-state index in [0.29, 0.717) is 11.5 Å². The molecule has 0 radical (unpaired) electrons. The summed E-state index contributed by atoms with van der Waals surface area (Å²) in [5.41, 5.74) is 3.19.